The Kier molecular flexibility index (Phi) is 5.47. The van der Waals surface area contributed by atoms with Crippen LogP contribution in [0.4, 0.5) is 0 Å². The number of benzene rings is 1. The summed E-state index contributed by atoms with van der Waals surface area (Å²) in [4.78, 5) is 19.8. The van der Waals surface area contributed by atoms with E-state index in [-0.39, 0.29) is 16.9 Å². The normalized spacial score (nSPS) is 22.1. The number of ether oxygens (including phenoxy) is 1. The molecule has 1 saturated heterocycles. The predicted molar refractivity (Wildman–Crippen MR) is 102 cm³/mol. The standard InChI is InChI=1S/C21H29N3O2/c1-16-6-4-5-7-18(16)21(9-11-26-20(2,3)14-21)12-19(25)23-10-8-17-13-22-15-24-17/h4-7,13,15H,8-12,14H2,1-3H3,(H,22,24)(H,23,25). The van der Waals surface area contributed by atoms with Crippen molar-refractivity contribution in [3.05, 3.63) is 53.6 Å². The van der Waals surface area contributed by atoms with Crippen LogP contribution in [0.3, 0.4) is 0 Å². The first-order chi connectivity index (χ1) is 12.4. The minimum atomic E-state index is -0.225. The molecule has 26 heavy (non-hydrogen) atoms. The number of aromatic nitrogens is 2. The predicted octanol–water partition coefficient (Wildman–Crippen LogP) is 3.29. The van der Waals surface area contributed by atoms with Gasteiger partial charge in [0.15, 0.2) is 0 Å². The van der Waals surface area contributed by atoms with E-state index >= 15 is 0 Å². The van der Waals surface area contributed by atoms with E-state index in [1.807, 2.05) is 0 Å². The number of hydrogen-bond acceptors (Lipinski definition) is 3. The minimum Gasteiger partial charge on any atom is -0.376 e. The molecule has 140 valence electrons. The Hall–Kier alpha value is -2.14. The zero-order valence-corrected chi connectivity index (χ0v) is 16.0. The van der Waals surface area contributed by atoms with Crippen LogP contribution in [0.25, 0.3) is 0 Å². The van der Waals surface area contributed by atoms with Crippen molar-refractivity contribution in [2.45, 2.75) is 57.5 Å². The van der Waals surface area contributed by atoms with Crippen LogP contribution in [-0.4, -0.2) is 34.6 Å². The van der Waals surface area contributed by atoms with E-state index < -0.39 is 0 Å². The van der Waals surface area contributed by atoms with Crippen molar-refractivity contribution >= 4 is 5.91 Å². The molecule has 2 aromatic rings. The van der Waals surface area contributed by atoms with Gasteiger partial charge < -0.3 is 15.0 Å². The maximum atomic E-state index is 12.8. The highest BCUT2D eigenvalue weighted by Gasteiger charge is 2.44. The first kappa shape index (κ1) is 18.6. The molecule has 1 atom stereocenters. The van der Waals surface area contributed by atoms with Crippen molar-refractivity contribution in [2.75, 3.05) is 13.2 Å². The lowest BCUT2D eigenvalue weighted by Crippen LogP contribution is -2.47. The molecule has 0 saturated carbocycles. The van der Waals surface area contributed by atoms with E-state index in [4.69, 9.17) is 4.74 Å². The molecule has 3 rings (SSSR count). The fraction of sp³-hybridized carbons (Fsp3) is 0.524. The number of carbonyl (C=O) groups excluding carboxylic acids is 1. The van der Waals surface area contributed by atoms with Crippen LogP contribution in [0.1, 0.15) is 49.9 Å². The number of imidazole rings is 1. The van der Waals surface area contributed by atoms with Crippen molar-refractivity contribution in [3.63, 3.8) is 0 Å². The Morgan fingerprint density at radius 1 is 1.35 bits per heavy atom. The molecule has 1 aromatic heterocycles. The molecule has 1 aliphatic rings. The second kappa shape index (κ2) is 7.62. The highest BCUT2D eigenvalue weighted by atomic mass is 16.5. The van der Waals surface area contributed by atoms with E-state index in [0.717, 1.165) is 25.0 Å². The van der Waals surface area contributed by atoms with E-state index in [2.05, 4.69) is 60.3 Å². The second-order valence-electron chi connectivity index (χ2n) is 7.98. The van der Waals surface area contributed by atoms with Crippen LogP contribution < -0.4 is 5.32 Å². The molecule has 2 N–H and O–H groups in total. The van der Waals surface area contributed by atoms with Gasteiger partial charge in [-0.1, -0.05) is 24.3 Å². The number of aromatic amines is 1. The van der Waals surface area contributed by atoms with E-state index in [0.29, 0.717) is 19.6 Å². The first-order valence-corrected chi connectivity index (χ1v) is 9.34. The molecule has 1 amide bonds. The zero-order valence-electron chi connectivity index (χ0n) is 16.0. The Bertz CT molecular complexity index is 739. The average Bonchev–Trinajstić information content (AvgIpc) is 3.07. The van der Waals surface area contributed by atoms with Gasteiger partial charge in [0, 0.05) is 43.3 Å². The fourth-order valence-corrected chi connectivity index (χ4v) is 4.25. The number of aryl methyl sites for hydroxylation is 1. The molecule has 0 bridgehead atoms. The van der Waals surface area contributed by atoms with E-state index in [1.54, 1.807) is 12.5 Å². The fourth-order valence-electron chi connectivity index (χ4n) is 4.25. The third kappa shape index (κ3) is 4.33. The van der Waals surface area contributed by atoms with E-state index in [9.17, 15) is 4.79 Å². The lowest BCUT2D eigenvalue weighted by atomic mass is 9.66. The van der Waals surface area contributed by atoms with Gasteiger partial charge in [0.2, 0.25) is 5.91 Å². The largest absolute Gasteiger partial charge is 0.376 e. The van der Waals surface area contributed by atoms with E-state index in [1.165, 1.54) is 11.1 Å². The van der Waals surface area contributed by atoms with Gasteiger partial charge in [-0.15, -0.1) is 0 Å². The summed E-state index contributed by atoms with van der Waals surface area (Å²) in [5.74, 6) is 0.102. The van der Waals surface area contributed by atoms with Crippen LogP contribution >= 0.6 is 0 Å². The van der Waals surface area contributed by atoms with Crippen LogP contribution in [0.2, 0.25) is 0 Å². The molecule has 5 heteroatoms. The van der Waals surface area contributed by atoms with Crippen LogP contribution in [0.5, 0.6) is 0 Å². The molecular weight excluding hydrogens is 326 g/mol. The number of H-pyrrole nitrogens is 1. The number of nitrogens with zero attached hydrogens (tertiary/aromatic N) is 1. The maximum absolute atomic E-state index is 12.8. The second-order valence-corrected chi connectivity index (χ2v) is 7.98. The summed E-state index contributed by atoms with van der Waals surface area (Å²) < 4.78 is 5.95. The molecule has 1 unspecified atom stereocenters. The van der Waals surface area contributed by atoms with Gasteiger partial charge in [0.05, 0.1) is 11.9 Å². The first-order valence-electron chi connectivity index (χ1n) is 9.34. The smallest absolute Gasteiger partial charge is 0.220 e. The molecule has 1 fully saturated rings. The zero-order chi connectivity index (χ0) is 18.6. The summed E-state index contributed by atoms with van der Waals surface area (Å²) in [5.41, 5.74) is 3.16. The topological polar surface area (TPSA) is 67.0 Å². The van der Waals surface area contributed by atoms with Crippen molar-refractivity contribution in [1.82, 2.24) is 15.3 Å². The van der Waals surface area contributed by atoms with Gasteiger partial charge in [-0.05, 0) is 44.7 Å². The Morgan fingerprint density at radius 2 is 2.15 bits per heavy atom. The number of amides is 1. The van der Waals surface area contributed by atoms with Crippen molar-refractivity contribution in [1.29, 1.82) is 0 Å². The van der Waals surface area contributed by atoms with Gasteiger partial charge in [-0.3, -0.25) is 4.79 Å². The van der Waals surface area contributed by atoms with Crippen molar-refractivity contribution in [2.24, 2.45) is 0 Å². The molecule has 1 aromatic carbocycles. The Labute approximate surface area is 155 Å². The summed E-state index contributed by atoms with van der Waals surface area (Å²) in [6, 6.07) is 8.44. The molecular formula is C21H29N3O2. The van der Waals surface area contributed by atoms with Gasteiger partial charge in [0.25, 0.3) is 0 Å². The minimum absolute atomic E-state index is 0.102. The highest BCUT2D eigenvalue weighted by Crippen LogP contribution is 2.45. The third-order valence-electron chi connectivity index (χ3n) is 5.32. The molecule has 1 aliphatic heterocycles. The van der Waals surface area contributed by atoms with Crippen molar-refractivity contribution in [3.8, 4) is 0 Å². The quantitative estimate of drug-likeness (QED) is 0.835. The Balaban J connectivity index is 1.73. The molecule has 2 heterocycles. The van der Waals surface area contributed by atoms with Gasteiger partial charge in [-0.25, -0.2) is 4.98 Å². The molecule has 0 spiro atoms. The van der Waals surface area contributed by atoms with Gasteiger partial charge in [0.1, 0.15) is 0 Å². The third-order valence-corrected chi connectivity index (χ3v) is 5.32. The van der Waals surface area contributed by atoms with Crippen LogP contribution in [0.15, 0.2) is 36.8 Å². The highest BCUT2D eigenvalue weighted by molar-refractivity contribution is 5.77. The number of hydrogen-bond donors (Lipinski definition) is 2. The lowest BCUT2D eigenvalue weighted by Gasteiger charge is -2.45. The molecule has 0 aliphatic carbocycles. The van der Waals surface area contributed by atoms with Gasteiger partial charge in [-0.2, -0.15) is 0 Å². The summed E-state index contributed by atoms with van der Waals surface area (Å²) >= 11 is 0. The van der Waals surface area contributed by atoms with Gasteiger partial charge >= 0.3 is 0 Å². The maximum Gasteiger partial charge on any atom is 0.220 e. The number of rotatable bonds is 6. The summed E-state index contributed by atoms with van der Waals surface area (Å²) in [5, 5.41) is 3.08. The lowest BCUT2D eigenvalue weighted by molar-refractivity contribution is -0.126. The average molecular weight is 355 g/mol. The Morgan fingerprint density at radius 3 is 2.85 bits per heavy atom. The SMILES string of the molecule is Cc1ccccc1C1(CC(=O)NCCc2cnc[nH]2)CCOC(C)(C)C1. The molecule has 5 nitrogen and oxygen atoms in total. The van der Waals surface area contributed by atoms with Crippen LogP contribution in [0, 0.1) is 6.92 Å². The van der Waals surface area contributed by atoms with Crippen LogP contribution in [-0.2, 0) is 21.4 Å². The van der Waals surface area contributed by atoms with Crippen molar-refractivity contribution < 1.29 is 9.53 Å². The summed E-state index contributed by atoms with van der Waals surface area (Å²) in [7, 11) is 0. The number of nitrogens with one attached hydrogen (secondary N) is 2. The molecule has 0 radical (unpaired) electrons. The number of carbonyl (C=O) groups is 1. The monoisotopic (exact) mass is 355 g/mol. The summed E-state index contributed by atoms with van der Waals surface area (Å²) in [6.07, 6.45) is 6.43. The summed E-state index contributed by atoms with van der Waals surface area (Å²) in [6.45, 7) is 7.67.